The lowest BCUT2D eigenvalue weighted by atomic mass is 10.00. The van der Waals surface area contributed by atoms with Gasteiger partial charge in [0.25, 0.3) is 0 Å². The molecule has 0 spiro atoms. The minimum atomic E-state index is -0.244. The molecular formula is C16H17BrN2O2. The molecular weight excluding hydrogens is 332 g/mol. The third kappa shape index (κ3) is 3.61. The van der Waals surface area contributed by atoms with E-state index in [1.54, 1.807) is 25.3 Å². The van der Waals surface area contributed by atoms with Crippen molar-refractivity contribution >= 4 is 27.7 Å². The molecule has 0 N–H and O–H groups in total. The molecule has 2 aromatic rings. The van der Waals surface area contributed by atoms with Crippen molar-refractivity contribution < 1.29 is 9.53 Å². The Morgan fingerprint density at radius 1 is 1.24 bits per heavy atom. The summed E-state index contributed by atoms with van der Waals surface area (Å²) in [6.07, 6.45) is 1.68. The summed E-state index contributed by atoms with van der Waals surface area (Å²) in [5.41, 5.74) is 0.949. The van der Waals surface area contributed by atoms with Gasteiger partial charge in [-0.05, 0) is 52.7 Å². The smallest absolute Gasteiger partial charge is 0.235 e. The number of likely N-dealkylation sites (N-methyl/N-ethyl adjacent to an activating group) is 1. The van der Waals surface area contributed by atoms with E-state index in [9.17, 15) is 4.79 Å². The van der Waals surface area contributed by atoms with Gasteiger partial charge in [-0.3, -0.25) is 9.69 Å². The molecule has 1 atom stereocenters. The van der Waals surface area contributed by atoms with Crippen molar-refractivity contribution in [2.75, 3.05) is 19.1 Å². The van der Waals surface area contributed by atoms with Crippen LogP contribution in [-0.4, -0.2) is 25.0 Å². The van der Waals surface area contributed by atoms with Crippen LogP contribution in [0.2, 0.25) is 0 Å². The minimum Gasteiger partial charge on any atom is -0.497 e. The molecule has 0 unspecified atom stereocenters. The summed E-state index contributed by atoms with van der Waals surface area (Å²) in [6.45, 7) is 1.89. The summed E-state index contributed by atoms with van der Waals surface area (Å²) >= 11 is 3.33. The number of amides is 1. The van der Waals surface area contributed by atoms with Crippen molar-refractivity contribution in [1.82, 2.24) is 4.98 Å². The number of carbonyl (C=O) groups is 1. The Kier molecular flexibility index (Phi) is 4.96. The average Bonchev–Trinajstić information content (AvgIpc) is 2.53. The van der Waals surface area contributed by atoms with E-state index in [1.165, 1.54) is 0 Å². The van der Waals surface area contributed by atoms with E-state index in [0.29, 0.717) is 5.82 Å². The monoisotopic (exact) mass is 348 g/mol. The molecule has 21 heavy (non-hydrogen) atoms. The van der Waals surface area contributed by atoms with Crippen LogP contribution in [0.25, 0.3) is 0 Å². The zero-order valence-corrected chi connectivity index (χ0v) is 13.8. The summed E-state index contributed by atoms with van der Waals surface area (Å²) in [6, 6.07) is 11.2. The zero-order chi connectivity index (χ0) is 15.4. The van der Waals surface area contributed by atoms with Crippen LogP contribution in [0, 0.1) is 0 Å². The van der Waals surface area contributed by atoms with Gasteiger partial charge in [0.2, 0.25) is 5.91 Å². The average molecular weight is 349 g/mol. The second kappa shape index (κ2) is 6.72. The van der Waals surface area contributed by atoms with Gasteiger partial charge < -0.3 is 4.74 Å². The summed E-state index contributed by atoms with van der Waals surface area (Å²) in [4.78, 5) is 18.3. The van der Waals surface area contributed by atoms with E-state index < -0.39 is 0 Å². The third-order valence-electron chi connectivity index (χ3n) is 3.37. The number of nitrogens with zero attached hydrogens (tertiary/aromatic N) is 2. The maximum atomic E-state index is 12.5. The van der Waals surface area contributed by atoms with Crippen molar-refractivity contribution in [3.05, 3.63) is 52.6 Å². The number of benzene rings is 1. The summed E-state index contributed by atoms with van der Waals surface area (Å²) in [7, 11) is 3.36. The molecule has 0 radical (unpaired) electrons. The Morgan fingerprint density at radius 3 is 2.43 bits per heavy atom. The number of pyridine rings is 1. The Hall–Kier alpha value is -1.88. The molecule has 4 nitrogen and oxygen atoms in total. The van der Waals surface area contributed by atoms with Crippen LogP contribution in [0.3, 0.4) is 0 Å². The number of aromatic nitrogens is 1. The Balaban J connectivity index is 2.15. The van der Waals surface area contributed by atoms with Gasteiger partial charge >= 0.3 is 0 Å². The Bertz CT molecular complexity index is 611. The number of anilines is 1. The van der Waals surface area contributed by atoms with Crippen molar-refractivity contribution in [2.45, 2.75) is 12.8 Å². The number of carbonyl (C=O) groups excluding carboxylic acids is 1. The maximum Gasteiger partial charge on any atom is 0.235 e. The fourth-order valence-electron chi connectivity index (χ4n) is 2.00. The number of rotatable bonds is 4. The minimum absolute atomic E-state index is 0.00464. The van der Waals surface area contributed by atoms with E-state index in [4.69, 9.17) is 4.74 Å². The van der Waals surface area contributed by atoms with Crippen LogP contribution in [0.1, 0.15) is 18.4 Å². The fourth-order valence-corrected chi connectivity index (χ4v) is 2.24. The largest absolute Gasteiger partial charge is 0.497 e. The normalized spacial score (nSPS) is 11.8. The maximum absolute atomic E-state index is 12.5. The predicted octanol–water partition coefficient (Wildman–Crippen LogP) is 3.62. The first kappa shape index (κ1) is 15.5. The molecule has 1 aromatic heterocycles. The number of methoxy groups -OCH3 is 1. The SMILES string of the molecule is COc1ccc([C@H](C)C(=O)N(C)c2ccc(Br)cn2)cc1. The van der Waals surface area contributed by atoms with E-state index >= 15 is 0 Å². The molecule has 2 rings (SSSR count). The van der Waals surface area contributed by atoms with Gasteiger partial charge in [0.1, 0.15) is 11.6 Å². The molecule has 0 aliphatic heterocycles. The van der Waals surface area contributed by atoms with E-state index in [2.05, 4.69) is 20.9 Å². The summed E-state index contributed by atoms with van der Waals surface area (Å²) < 4.78 is 6.01. The quantitative estimate of drug-likeness (QED) is 0.847. The first-order chi connectivity index (χ1) is 10.0. The first-order valence-corrected chi connectivity index (χ1v) is 7.35. The van der Waals surface area contributed by atoms with Crippen LogP contribution >= 0.6 is 15.9 Å². The highest BCUT2D eigenvalue weighted by Gasteiger charge is 2.21. The van der Waals surface area contributed by atoms with Gasteiger partial charge in [-0.25, -0.2) is 4.98 Å². The number of halogens is 1. The van der Waals surface area contributed by atoms with Gasteiger partial charge in [-0.15, -0.1) is 0 Å². The van der Waals surface area contributed by atoms with Crippen molar-refractivity contribution in [2.24, 2.45) is 0 Å². The van der Waals surface area contributed by atoms with Crippen molar-refractivity contribution in [3.63, 3.8) is 0 Å². The lowest BCUT2D eigenvalue weighted by Gasteiger charge is -2.21. The van der Waals surface area contributed by atoms with E-state index in [-0.39, 0.29) is 11.8 Å². The second-order valence-electron chi connectivity index (χ2n) is 4.73. The van der Waals surface area contributed by atoms with Gasteiger partial charge in [-0.1, -0.05) is 12.1 Å². The highest BCUT2D eigenvalue weighted by Crippen LogP contribution is 2.23. The second-order valence-corrected chi connectivity index (χ2v) is 5.64. The fraction of sp³-hybridized carbons (Fsp3) is 0.250. The molecule has 5 heteroatoms. The van der Waals surface area contributed by atoms with E-state index in [0.717, 1.165) is 15.8 Å². The highest BCUT2D eigenvalue weighted by molar-refractivity contribution is 9.10. The molecule has 0 bridgehead atoms. The van der Waals surface area contributed by atoms with E-state index in [1.807, 2.05) is 43.3 Å². The van der Waals surface area contributed by atoms with Gasteiger partial charge in [-0.2, -0.15) is 0 Å². The van der Waals surface area contributed by atoms with Crippen LogP contribution < -0.4 is 9.64 Å². The highest BCUT2D eigenvalue weighted by atomic mass is 79.9. The lowest BCUT2D eigenvalue weighted by Crippen LogP contribution is -2.31. The summed E-state index contributed by atoms with van der Waals surface area (Å²) in [5.74, 6) is 1.16. The molecule has 1 aromatic carbocycles. The van der Waals surface area contributed by atoms with Crippen LogP contribution in [0.4, 0.5) is 5.82 Å². The molecule has 0 saturated heterocycles. The Labute approximate surface area is 132 Å². The topological polar surface area (TPSA) is 42.4 Å². The summed E-state index contributed by atoms with van der Waals surface area (Å²) in [5, 5.41) is 0. The number of hydrogen-bond acceptors (Lipinski definition) is 3. The zero-order valence-electron chi connectivity index (χ0n) is 12.2. The molecule has 0 saturated carbocycles. The standard InChI is InChI=1S/C16H17BrN2O2/c1-11(12-4-7-14(21-3)8-5-12)16(20)19(2)15-9-6-13(17)10-18-15/h4-11H,1-3H3/t11-/m0/s1. The van der Waals surface area contributed by atoms with Gasteiger partial charge in [0, 0.05) is 17.7 Å². The van der Waals surface area contributed by atoms with Crippen LogP contribution in [0.15, 0.2) is 47.1 Å². The van der Waals surface area contributed by atoms with Crippen LogP contribution in [0.5, 0.6) is 5.75 Å². The van der Waals surface area contributed by atoms with Gasteiger partial charge in [0.15, 0.2) is 0 Å². The van der Waals surface area contributed by atoms with Gasteiger partial charge in [0.05, 0.1) is 13.0 Å². The molecule has 0 aliphatic rings. The molecule has 1 amide bonds. The Morgan fingerprint density at radius 2 is 1.90 bits per heavy atom. The molecule has 1 heterocycles. The third-order valence-corrected chi connectivity index (χ3v) is 3.84. The van der Waals surface area contributed by atoms with Crippen molar-refractivity contribution in [1.29, 1.82) is 0 Å². The molecule has 0 fully saturated rings. The predicted molar refractivity (Wildman–Crippen MR) is 86.8 cm³/mol. The molecule has 110 valence electrons. The number of ether oxygens (including phenoxy) is 1. The first-order valence-electron chi connectivity index (χ1n) is 6.56. The molecule has 0 aliphatic carbocycles. The van der Waals surface area contributed by atoms with Crippen molar-refractivity contribution in [3.8, 4) is 5.75 Å². The number of hydrogen-bond donors (Lipinski definition) is 0. The lowest BCUT2D eigenvalue weighted by molar-refractivity contribution is -0.119. The van der Waals surface area contributed by atoms with Crippen LogP contribution in [-0.2, 0) is 4.79 Å².